The summed E-state index contributed by atoms with van der Waals surface area (Å²) in [5.41, 5.74) is 7.16. The molecule has 0 amide bonds. The van der Waals surface area contributed by atoms with Gasteiger partial charge in [-0.05, 0) is 37.1 Å². The molecule has 1 aliphatic carbocycles. The van der Waals surface area contributed by atoms with Crippen LogP contribution in [0.4, 0.5) is 30.4 Å². The molecule has 142 valence electrons. The molecule has 1 fully saturated rings. The average Bonchev–Trinajstić information content (AvgIpc) is 3.24. The Bertz CT molecular complexity index is 973. The average molecular weight is 376 g/mol. The standard InChI is InChI=1S/C18H19F3N6/c1-27-16-13(9-24-27)14(8-15(26-16)23-10-17(22)6-7-17)25-12-4-2-11(3-5-12)18(19,20)21/h2-5,8-9H,6-7,10,22H2,1H3,(H2,23,25,26). The van der Waals surface area contributed by atoms with Crippen LogP contribution in [0.3, 0.4) is 0 Å². The van der Waals surface area contributed by atoms with Gasteiger partial charge in [0.2, 0.25) is 0 Å². The van der Waals surface area contributed by atoms with Gasteiger partial charge in [-0.2, -0.15) is 18.3 Å². The van der Waals surface area contributed by atoms with Crippen molar-refractivity contribution >= 4 is 28.2 Å². The van der Waals surface area contributed by atoms with Crippen molar-refractivity contribution in [2.24, 2.45) is 12.8 Å². The third kappa shape index (κ3) is 3.68. The van der Waals surface area contributed by atoms with Crippen LogP contribution in [-0.2, 0) is 13.2 Å². The summed E-state index contributed by atoms with van der Waals surface area (Å²) in [6.07, 6.45) is -0.733. The zero-order valence-electron chi connectivity index (χ0n) is 14.6. The highest BCUT2D eigenvalue weighted by Crippen LogP contribution is 2.34. The van der Waals surface area contributed by atoms with E-state index in [9.17, 15) is 13.2 Å². The minimum Gasteiger partial charge on any atom is -0.368 e. The molecule has 6 nitrogen and oxygen atoms in total. The molecule has 27 heavy (non-hydrogen) atoms. The first-order chi connectivity index (χ1) is 12.7. The van der Waals surface area contributed by atoms with Crippen LogP contribution in [0.1, 0.15) is 18.4 Å². The molecule has 0 radical (unpaired) electrons. The number of alkyl halides is 3. The number of nitrogens with one attached hydrogen (secondary N) is 2. The van der Waals surface area contributed by atoms with Gasteiger partial charge in [-0.3, -0.25) is 4.68 Å². The van der Waals surface area contributed by atoms with Gasteiger partial charge in [0.15, 0.2) is 5.65 Å². The minimum atomic E-state index is -4.36. The second-order valence-electron chi connectivity index (χ2n) is 6.98. The van der Waals surface area contributed by atoms with Gasteiger partial charge in [-0.15, -0.1) is 0 Å². The van der Waals surface area contributed by atoms with Gasteiger partial charge in [0.05, 0.1) is 22.8 Å². The molecule has 1 aromatic carbocycles. The van der Waals surface area contributed by atoms with Crippen molar-refractivity contribution in [2.45, 2.75) is 24.6 Å². The molecular weight excluding hydrogens is 357 g/mol. The highest BCUT2D eigenvalue weighted by molar-refractivity contribution is 5.92. The molecule has 4 rings (SSSR count). The van der Waals surface area contributed by atoms with E-state index in [0.29, 0.717) is 29.4 Å². The Hall–Kier alpha value is -2.81. The fraction of sp³-hybridized carbons (Fsp3) is 0.333. The molecule has 4 N–H and O–H groups in total. The van der Waals surface area contributed by atoms with Crippen LogP contribution in [-0.4, -0.2) is 26.8 Å². The number of fused-ring (bicyclic) bond motifs is 1. The van der Waals surface area contributed by atoms with Crippen molar-refractivity contribution < 1.29 is 13.2 Å². The maximum Gasteiger partial charge on any atom is 0.416 e. The van der Waals surface area contributed by atoms with Crippen LogP contribution in [0.25, 0.3) is 11.0 Å². The number of anilines is 3. The summed E-state index contributed by atoms with van der Waals surface area (Å²) in [6, 6.07) is 6.71. The highest BCUT2D eigenvalue weighted by Gasteiger charge is 2.37. The summed E-state index contributed by atoms with van der Waals surface area (Å²) in [5.74, 6) is 0.636. The van der Waals surface area contributed by atoms with E-state index >= 15 is 0 Å². The highest BCUT2D eigenvalue weighted by atomic mass is 19.4. The lowest BCUT2D eigenvalue weighted by atomic mass is 10.2. The number of nitrogens with two attached hydrogens (primary N) is 1. The smallest absolute Gasteiger partial charge is 0.368 e. The summed E-state index contributed by atoms with van der Waals surface area (Å²) in [4.78, 5) is 4.56. The van der Waals surface area contributed by atoms with E-state index in [1.54, 1.807) is 17.9 Å². The molecule has 0 atom stereocenters. The van der Waals surface area contributed by atoms with E-state index in [-0.39, 0.29) is 5.54 Å². The number of halogens is 3. The SMILES string of the molecule is Cn1ncc2c(Nc3ccc(C(F)(F)F)cc3)cc(NCC3(N)CC3)nc21. The first-order valence-corrected chi connectivity index (χ1v) is 8.53. The van der Waals surface area contributed by atoms with Crippen LogP contribution < -0.4 is 16.4 Å². The molecule has 0 bridgehead atoms. The summed E-state index contributed by atoms with van der Waals surface area (Å²) < 4.78 is 39.9. The van der Waals surface area contributed by atoms with Crippen molar-refractivity contribution in [1.82, 2.24) is 14.8 Å². The number of hydrogen-bond donors (Lipinski definition) is 3. The number of pyridine rings is 1. The Morgan fingerprint density at radius 2 is 1.93 bits per heavy atom. The van der Waals surface area contributed by atoms with E-state index in [2.05, 4.69) is 20.7 Å². The van der Waals surface area contributed by atoms with Gasteiger partial charge in [0.25, 0.3) is 0 Å². The third-order valence-electron chi connectivity index (χ3n) is 4.71. The molecule has 9 heteroatoms. The van der Waals surface area contributed by atoms with E-state index in [1.165, 1.54) is 12.1 Å². The Kier molecular flexibility index (Phi) is 3.99. The monoisotopic (exact) mass is 376 g/mol. The van der Waals surface area contributed by atoms with Gasteiger partial charge in [0.1, 0.15) is 5.82 Å². The number of aromatic nitrogens is 3. The molecule has 0 aliphatic heterocycles. The van der Waals surface area contributed by atoms with Crippen molar-refractivity contribution in [1.29, 1.82) is 0 Å². The fourth-order valence-corrected chi connectivity index (χ4v) is 2.81. The first kappa shape index (κ1) is 17.6. The maximum atomic E-state index is 12.7. The van der Waals surface area contributed by atoms with Crippen LogP contribution in [0.5, 0.6) is 0 Å². The topological polar surface area (TPSA) is 80.8 Å². The van der Waals surface area contributed by atoms with E-state index in [1.807, 2.05) is 6.07 Å². The number of aryl methyl sites for hydroxylation is 1. The number of hydrogen-bond acceptors (Lipinski definition) is 5. The van der Waals surface area contributed by atoms with Crippen molar-refractivity contribution in [2.75, 3.05) is 17.2 Å². The van der Waals surface area contributed by atoms with Gasteiger partial charge in [0, 0.05) is 30.9 Å². The normalized spacial score (nSPS) is 15.7. The second kappa shape index (κ2) is 6.12. The summed E-state index contributed by atoms with van der Waals surface area (Å²) in [6.45, 7) is 0.614. The molecule has 3 aromatic rings. The van der Waals surface area contributed by atoms with Gasteiger partial charge < -0.3 is 16.4 Å². The number of benzene rings is 1. The molecule has 0 spiro atoms. The zero-order valence-corrected chi connectivity index (χ0v) is 14.6. The Morgan fingerprint density at radius 1 is 1.22 bits per heavy atom. The van der Waals surface area contributed by atoms with Crippen molar-refractivity contribution in [3.8, 4) is 0 Å². The molecule has 1 saturated carbocycles. The molecule has 1 aliphatic rings. The van der Waals surface area contributed by atoms with E-state index < -0.39 is 11.7 Å². The molecular formula is C18H19F3N6. The van der Waals surface area contributed by atoms with E-state index in [0.717, 1.165) is 30.4 Å². The lowest BCUT2D eigenvalue weighted by Gasteiger charge is -2.14. The molecule has 0 unspecified atom stereocenters. The van der Waals surface area contributed by atoms with Crippen LogP contribution >= 0.6 is 0 Å². The summed E-state index contributed by atoms with van der Waals surface area (Å²) in [5, 5.41) is 11.4. The zero-order chi connectivity index (χ0) is 19.2. The predicted octanol–water partition coefficient (Wildman–Crippen LogP) is 3.63. The van der Waals surface area contributed by atoms with Crippen LogP contribution in [0.2, 0.25) is 0 Å². The third-order valence-corrected chi connectivity index (χ3v) is 4.71. The largest absolute Gasteiger partial charge is 0.416 e. The van der Waals surface area contributed by atoms with Crippen molar-refractivity contribution in [3.63, 3.8) is 0 Å². The molecule has 2 heterocycles. The Balaban J connectivity index is 1.63. The molecule has 2 aromatic heterocycles. The van der Waals surface area contributed by atoms with Crippen LogP contribution in [0.15, 0.2) is 36.5 Å². The quantitative estimate of drug-likeness (QED) is 0.634. The first-order valence-electron chi connectivity index (χ1n) is 8.53. The Morgan fingerprint density at radius 3 is 2.56 bits per heavy atom. The second-order valence-corrected chi connectivity index (χ2v) is 6.98. The minimum absolute atomic E-state index is 0.176. The van der Waals surface area contributed by atoms with Gasteiger partial charge in [-0.1, -0.05) is 0 Å². The van der Waals surface area contributed by atoms with Gasteiger partial charge >= 0.3 is 6.18 Å². The van der Waals surface area contributed by atoms with Gasteiger partial charge in [-0.25, -0.2) is 4.98 Å². The number of rotatable bonds is 5. The lowest BCUT2D eigenvalue weighted by molar-refractivity contribution is -0.137. The van der Waals surface area contributed by atoms with E-state index in [4.69, 9.17) is 5.73 Å². The molecule has 0 saturated heterocycles. The maximum absolute atomic E-state index is 12.7. The van der Waals surface area contributed by atoms with Crippen LogP contribution in [0, 0.1) is 0 Å². The summed E-state index contributed by atoms with van der Waals surface area (Å²) >= 11 is 0. The summed E-state index contributed by atoms with van der Waals surface area (Å²) in [7, 11) is 1.78. The fourth-order valence-electron chi connectivity index (χ4n) is 2.81. The number of nitrogens with zero attached hydrogens (tertiary/aromatic N) is 3. The predicted molar refractivity (Wildman–Crippen MR) is 97.9 cm³/mol. The van der Waals surface area contributed by atoms with Crippen molar-refractivity contribution in [3.05, 3.63) is 42.1 Å². The lowest BCUT2D eigenvalue weighted by Crippen LogP contribution is -2.31. The Labute approximate surface area is 153 Å².